The minimum absolute atomic E-state index is 0.113. The molecule has 1 unspecified atom stereocenters. The van der Waals surface area contributed by atoms with Crippen molar-refractivity contribution in [1.82, 2.24) is 10.3 Å². The van der Waals surface area contributed by atoms with Crippen LogP contribution in [0, 0.1) is 5.82 Å². The van der Waals surface area contributed by atoms with Crippen LogP contribution < -0.4 is 5.32 Å². The summed E-state index contributed by atoms with van der Waals surface area (Å²) in [6.45, 7) is 1.76. The van der Waals surface area contributed by atoms with E-state index in [1.54, 1.807) is 12.1 Å². The lowest BCUT2D eigenvalue weighted by Gasteiger charge is -2.13. The van der Waals surface area contributed by atoms with E-state index >= 15 is 0 Å². The number of aliphatic hydroxyl groups excluding tert-OH is 1. The zero-order chi connectivity index (χ0) is 13.8. The molecule has 0 bridgehead atoms. The molecule has 0 radical (unpaired) electrons. The summed E-state index contributed by atoms with van der Waals surface area (Å²) in [5.41, 5.74) is 0.983. The molecular formula is C14H15FN2O2. The van der Waals surface area contributed by atoms with E-state index in [2.05, 4.69) is 10.3 Å². The zero-order valence-electron chi connectivity index (χ0n) is 10.6. The summed E-state index contributed by atoms with van der Waals surface area (Å²) in [6.07, 6.45) is 2.08. The number of aliphatic hydroxyl groups is 1. The number of hydrogen-bond donors (Lipinski definition) is 2. The molecule has 4 nitrogen and oxygen atoms in total. The Morgan fingerprint density at radius 1 is 1.47 bits per heavy atom. The van der Waals surface area contributed by atoms with Crippen LogP contribution >= 0.6 is 0 Å². The predicted molar refractivity (Wildman–Crippen MR) is 70.3 cm³/mol. The van der Waals surface area contributed by atoms with Gasteiger partial charge in [-0.2, -0.15) is 0 Å². The van der Waals surface area contributed by atoms with Crippen LogP contribution in [0.3, 0.4) is 0 Å². The number of nitrogens with zero attached hydrogens (tertiary/aromatic N) is 1. The quantitative estimate of drug-likeness (QED) is 0.884. The second-order valence-electron chi connectivity index (χ2n) is 4.32. The van der Waals surface area contributed by atoms with Crippen LogP contribution in [0.15, 0.2) is 30.5 Å². The average Bonchev–Trinajstić information content (AvgIpc) is 2.43. The molecule has 0 fully saturated rings. The first-order valence-corrected chi connectivity index (χ1v) is 6.11. The Labute approximate surface area is 110 Å². The first-order chi connectivity index (χ1) is 9.13. The van der Waals surface area contributed by atoms with Crippen LogP contribution in [0.4, 0.5) is 4.39 Å². The van der Waals surface area contributed by atoms with Crippen molar-refractivity contribution in [2.45, 2.75) is 19.4 Å². The molecule has 1 heterocycles. The second-order valence-corrected chi connectivity index (χ2v) is 4.32. The topological polar surface area (TPSA) is 62.2 Å². The standard InChI is InChI=1S/C14H15FN2O2/c1-2-12(8-18)17-14(19)10-5-9-6-11(15)3-4-13(9)16-7-10/h3-7,12,18H,2,8H2,1H3,(H,17,19). The summed E-state index contributed by atoms with van der Waals surface area (Å²) in [7, 11) is 0. The van der Waals surface area contributed by atoms with Crippen LogP contribution in [-0.4, -0.2) is 28.6 Å². The van der Waals surface area contributed by atoms with Gasteiger partial charge in [0.15, 0.2) is 0 Å². The van der Waals surface area contributed by atoms with Crippen molar-refractivity contribution >= 4 is 16.8 Å². The number of aromatic nitrogens is 1. The highest BCUT2D eigenvalue weighted by Crippen LogP contribution is 2.15. The molecule has 5 heteroatoms. The van der Waals surface area contributed by atoms with Gasteiger partial charge in [-0.3, -0.25) is 9.78 Å². The Bertz CT molecular complexity index is 597. The number of benzene rings is 1. The lowest BCUT2D eigenvalue weighted by Crippen LogP contribution is -2.36. The fourth-order valence-electron chi connectivity index (χ4n) is 1.77. The van der Waals surface area contributed by atoms with Crippen molar-refractivity contribution in [1.29, 1.82) is 0 Å². The summed E-state index contributed by atoms with van der Waals surface area (Å²) >= 11 is 0. The van der Waals surface area contributed by atoms with E-state index in [-0.39, 0.29) is 24.4 Å². The largest absolute Gasteiger partial charge is 0.394 e. The van der Waals surface area contributed by atoms with Gasteiger partial charge in [-0.15, -0.1) is 0 Å². The van der Waals surface area contributed by atoms with E-state index in [4.69, 9.17) is 5.11 Å². The molecule has 1 amide bonds. The molecule has 0 aliphatic carbocycles. The SMILES string of the molecule is CCC(CO)NC(=O)c1cnc2ccc(F)cc2c1. The van der Waals surface area contributed by atoms with Crippen molar-refractivity contribution in [2.75, 3.05) is 6.61 Å². The lowest BCUT2D eigenvalue weighted by atomic mass is 10.1. The summed E-state index contributed by atoms with van der Waals surface area (Å²) < 4.78 is 13.1. The maximum atomic E-state index is 13.1. The molecule has 2 aromatic rings. The van der Waals surface area contributed by atoms with E-state index in [1.165, 1.54) is 18.3 Å². The molecule has 100 valence electrons. The number of amides is 1. The highest BCUT2D eigenvalue weighted by Gasteiger charge is 2.12. The van der Waals surface area contributed by atoms with E-state index in [0.717, 1.165) is 0 Å². The summed E-state index contributed by atoms with van der Waals surface area (Å²) in [6, 6.07) is 5.53. The summed E-state index contributed by atoms with van der Waals surface area (Å²) in [5.74, 6) is -0.687. The Morgan fingerprint density at radius 3 is 2.95 bits per heavy atom. The summed E-state index contributed by atoms with van der Waals surface area (Å²) in [4.78, 5) is 16.1. The smallest absolute Gasteiger partial charge is 0.253 e. The van der Waals surface area contributed by atoms with Crippen LogP contribution in [0.2, 0.25) is 0 Å². The second kappa shape index (κ2) is 5.75. The monoisotopic (exact) mass is 262 g/mol. The fraction of sp³-hybridized carbons (Fsp3) is 0.286. The molecule has 0 saturated carbocycles. The third kappa shape index (κ3) is 3.06. The minimum atomic E-state index is -0.367. The molecular weight excluding hydrogens is 247 g/mol. The van der Waals surface area contributed by atoms with Crippen LogP contribution in [0.25, 0.3) is 10.9 Å². The third-order valence-electron chi connectivity index (χ3n) is 2.95. The van der Waals surface area contributed by atoms with Gasteiger partial charge in [-0.25, -0.2) is 4.39 Å². The van der Waals surface area contributed by atoms with Gasteiger partial charge in [0, 0.05) is 11.6 Å². The number of rotatable bonds is 4. The maximum absolute atomic E-state index is 13.1. The minimum Gasteiger partial charge on any atom is -0.394 e. The first-order valence-electron chi connectivity index (χ1n) is 6.11. The van der Waals surface area contributed by atoms with E-state index in [0.29, 0.717) is 22.9 Å². The van der Waals surface area contributed by atoms with Gasteiger partial charge in [0.2, 0.25) is 0 Å². The van der Waals surface area contributed by atoms with Crippen molar-refractivity contribution in [3.05, 3.63) is 41.8 Å². The van der Waals surface area contributed by atoms with E-state index in [9.17, 15) is 9.18 Å². The van der Waals surface area contributed by atoms with Crippen molar-refractivity contribution in [3.63, 3.8) is 0 Å². The number of pyridine rings is 1. The van der Waals surface area contributed by atoms with Gasteiger partial charge in [0.1, 0.15) is 5.82 Å². The Kier molecular flexibility index (Phi) is 4.06. The van der Waals surface area contributed by atoms with Gasteiger partial charge >= 0.3 is 0 Å². The van der Waals surface area contributed by atoms with Crippen LogP contribution in [0.1, 0.15) is 23.7 Å². The molecule has 1 atom stereocenters. The fourth-order valence-corrected chi connectivity index (χ4v) is 1.77. The molecule has 0 aliphatic heterocycles. The third-order valence-corrected chi connectivity index (χ3v) is 2.95. The number of nitrogens with one attached hydrogen (secondary N) is 1. The van der Waals surface area contributed by atoms with E-state index < -0.39 is 0 Å². The van der Waals surface area contributed by atoms with Crippen LogP contribution in [-0.2, 0) is 0 Å². The van der Waals surface area contributed by atoms with E-state index in [1.807, 2.05) is 6.92 Å². The van der Waals surface area contributed by atoms with Crippen LogP contribution in [0.5, 0.6) is 0 Å². The van der Waals surface area contributed by atoms with Gasteiger partial charge in [-0.05, 0) is 30.7 Å². The predicted octanol–water partition coefficient (Wildman–Crippen LogP) is 1.87. The zero-order valence-corrected chi connectivity index (χ0v) is 10.6. The number of carbonyl (C=O) groups excluding carboxylic acids is 1. The molecule has 0 aliphatic rings. The number of carbonyl (C=O) groups is 1. The number of hydrogen-bond acceptors (Lipinski definition) is 3. The van der Waals surface area contributed by atoms with Gasteiger partial charge in [-0.1, -0.05) is 6.92 Å². The average molecular weight is 262 g/mol. The Morgan fingerprint density at radius 2 is 2.26 bits per heavy atom. The highest BCUT2D eigenvalue weighted by molar-refractivity contribution is 5.97. The Hall–Kier alpha value is -2.01. The van der Waals surface area contributed by atoms with Gasteiger partial charge in [0.25, 0.3) is 5.91 Å². The molecule has 0 saturated heterocycles. The molecule has 2 N–H and O–H groups in total. The normalized spacial score (nSPS) is 12.4. The van der Waals surface area contributed by atoms with Gasteiger partial charge < -0.3 is 10.4 Å². The molecule has 2 rings (SSSR count). The first kappa shape index (κ1) is 13.4. The molecule has 0 spiro atoms. The summed E-state index contributed by atoms with van der Waals surface area (Å²) in [5, 5.41) is 12.3. The number of fused-ring (bicyclic) bond motifs is 1. The molecule has 1 aromatic heterocycles. The number of halogens is 1. The van der Waals surface area contributed by atoms with Gasteiger partial charge in [0.05, 0.1) is 23.7 Å². The molecule has 1 aromatic carbocycles. The van der Waals surface area contributed by atoms with Crippen molar-refractivity contribution in [3.8, 4) is 0 Å². The van der Waals surface area contributed by atoms with Crippen molar-refractivity contribution in [2.24, 2.45) is 0 Å². The highest BCUT2D eigenvalue weighted by atomic mass is 19.1. The van der Waals surface area contributed by atoms with Crippen molar-refractivity contribution < 1.29 is 14.3 Å². The lowest BCUT2D eigenvalue weighted by molar-refractivity contribution is 0.0914. The Balaban J connectivity index is 2.27. The maximum Gasteiger partial charge on any atom is 0.253 e. The molecule has 19 heavy (non-hydrogen) atoms.